The Morgan fingerprint density at radius 2 is 2.31 bits per heavy atom. The summed E-state index contributed by atoms with van der Waals surface area (Å²) in [6, 6.07) is 0.00399. The van der Waals surface area contributed by atoms with E-state index in [1.54, 1.807) is 18.4 Å². The first kappa shape index (κ1) is 13.6. The highest BCUT2D eigenvalue weighted by molar-refractivity contribution is 7.09. The van der Waals surface area contributed by atoms with Crippen LogP contribution in [0.2, 0.25) is 0 Å². The minimum absolute atomic E-state index is 0.00399. The molecule has 1 aromatic heterocycles. The van der Waals surface area contributed by atoms with E-state index in [0.717, 1.165) is 30.1 Å². The molecule has 1 heterocycles. The zero-order valence-corrected chi connectivity index (χ0v) is 11.1. The fraction of sp³-hybridized carbons (Fsp3) is 0.727. The third-order valence-electron chi connectivity index (χ3n) is 2.36. The van der Waals surface area contributed by atoms with Crippen LogP contribution in [0.1, 0.15) is 23.2 Å². The standard InChI is InChI=1S/C11H21N3OS/c1-14(2)6-4-11-13-10(8-16-11)9(12)5-7-15-3/h8-9H,4-7,12H2,1-3H3. The van der Waals surface area contributed by atoms with E-state index in [-0.39, 0.29) is 6.04 Å². The minimum Gasteiger partial charge on any atom is -0.385 e. The van der Waals surface area contributed by atoms with Gasteiger partial charge in [-0.15, -0.1) is 11.3 Å². The van der Waals surface area contributed by atoms with Crippen molar-refractivity contribution in [1.82, 2.24) is 9.88 Å². The van der Waals surface area contributed by atoms with Gasteiger partial charge in [0.1, 0.15) is 0 Å². The van der Waals surface area contributed by atoms with Crippen LogP contribution >= 0.6 is 11.3 Å². The quantitative estimate of drug-likeness (QED) is 0.784. The second-order valence-corrected chi connectivity index (χ2v) is 5.05. The lowest BCUT2D eigenvalue weighted by Crippen LogP contribution is -2.15. The number of ether oxygens (including phenoxy) is 1. The van der Waals surface area contributed by atoms with E-state index in [0.29, 0.717) is 6.61 Å². The van der Waals surface area contributed by atoms with Gasteiger partial charge in [-0.1, -0.05) is 0 Å². The number of rotatable bonds is 7. The van der Waals surface area contributed by atoms with Gasteiger partial charge in [0, 0.05) is 32.1 Å². The summed E-state index contributed by atoms with van der Waals surface area (Å²) in [6.07, 6.45) is 1.82. The molecule has 0 fully saturated rings. The lowest BCUT2D eigenvalue weighted by Gasteiger charge is -2.08. The second-order valence-electron chi connectivity index (χ2n) is 4.11. The van der Waals surface area contributed by atoms with Crippen molar-refractivity contribution in [3.05, 3.63) is 16.1 Å². The monoisotopic (exact) mass is 243 g/mol. The van der Waals surface area contributed by atoms with Crippen LogP contribution in [-0.2, 0) is 11.2 Å². The Balaban J connectivity index is 2.43. The molecule has 16 heavy (non-hydrogen) atoms. The van der Waals surface area contributed by atoms with Crippen LogP contribution in [0.4, 0.5) is 0 Å². The average Bonchev–Trinajstić information content (AvgIpc) is 2.71. The Morgan fingerprint density at radius 3 is 2.94 bits per heavy atom. The van der Waals surface area contributed by atoms with Gasteiger partial charge < -0.3 is 15.4 Å². The van der Waals surface area contributed by atoms with Gasteiger partial charge in [-0.05, 0) is 20.5 Å². The second kappa shape index (κ2) is 6.96. The Hall–Kier alpha value is -0.490. The van der Waals surface area contributed by atoms with Crippen LogP contribution in [0.5, 0.6) is 0 Å². The fourth-order valence-corrected chi connectivity index (χ4v) is 2.17. The molecule has 0 aromatic carbocycles. The van der Waals surface area contributed by atoms with Crippen LogP contribution in [0, 0.1) is 0 Å². The van der Waals surface area contributed by atoms with Crippen LogP contribution in [-0.4, -0.2) is 44.2 Å². The Kier molecular flexibility index (Phi) is 5.90. The normalized spacial score (nSPS) is 13.3. The topological polar surface area (TPSA) is 51.4 Å². The first-order valence-electron chi connectivity index (χ1n) is 5.47. The summed E-state index contributed by atoms with van der Waals surface area (Å²) in [4.78, 5) is 6.70. The summed E-state index contributed by atoms with van der Waals surface area (Å²) in [5, 5.41) is 3.22. The van der Waals surface area contributed by atoms with Gasteiger partial charge in [-0.3, -0.25) is 0 Å². The molecular weight excluding hydrogens is 222 g/mol. The lowest BCUT2D eigenvalue weighted by atomic mass is 10.2. The van der Waals surface area contributed by atoms with E-state index in [2.05, 4.69) is 29.4 Å². The summed E-state index contributed by atoms with van der Waals surface area (Å²) < 4.78 is 5.01. The summed E-state index contributed by atoms with van der Waals surface area (Å²) in [6.45, 7) is 1.71. The maximum Gasteiger partial charge on any atom is 0.0941 e. The third kappa shape index (κ3) is 4.57. The maximum absolute atomic E-state index is 6.00. The van der Waals surface area contributed by atoms with Crippen molar-refractivity contribution >= 4 is 11.3 Å². The zero-order chi connectivity index (χ0) is 12.0. The van der Waals surface area contributed by atoms with Gasteiger partial charge in [-0.25, -0.2) is 4.98 Å². The van der Waals surface area contributed by atoms with Gasteiger partial charge >= 0.3 is 0 Å². The highest BCUT2D eigenvalue weighted by Gasteiger charge is 2.10. The van der Waals surface area contributed by atoms with E-state index in [1.807, 2.05) is 0 Å². The van der Waals surface area contributed by atoms with Crippen molar-refractivity contribution in [2.45, 2.75) is 18.9 Å². The molecule has 0 saturated carbocycles. The summed E-state index contributed by atoms with van der Waals surface area (Å²) in [5.74, 6) is 0. The van der Waals surface area contributed by atoms with Gasteiger partial charge in [-0.2, -0.15) is 0 Å². The number of aromatic nitrogens is 1. The molecule has 5 heteroatoms. The number of hydrogen-bond donors (Lipinski definition) is 1. The molecule has 4 nitrogen and oxygen atoms in total. The summed E-state index contributed by atoms with van der Waals surface area (Å²) in [5.41, 5.74) is 7.00. The van der Waals surface area contributed by atoms with Crippen LogP contribution < -0.4 is 5.73 Å². The van der Waals surface area contributed by atoms with Crippen molar-refractivity contribution in [3.8, 4) is 0 Å². The molecular formula is C11H21N3OS. The number of likely N-dealkylation sites (N-methyl/N-ethyl adjacent to an activating group) is 1. The van der Waals surface area contributed by atoms with Gasteiger partial charge in [0.2, 0.25) is 0 Å². The molecule has 0 bridgehead atoms. The molecule has 1 rings (SSSR count). The SMILES string of the molecule is COCCC(N)c1csc(CCN(C)C)n1. The highest BCUT2D eigenvalue weighted by Crippen LogP contribution is 2.18. The number of nitrogens with zero attached hydrogens (tertiary/aromatic N) is 2. The Morgan fingerprint density at radius 1 is 1.56 bits per heavy atom. The van der Waals surface area contributed by atoms with E-state index < -0.39 is 0 Å². The molecule has 92 valence electrons. The molecule has 0 aliphatic heterocycles. The van der Waals surface area contributed by atoms with Crippen molar-refractivity contribution in [1.29, 1.82) is 0 Å². The fourth-order valence-electron chi connectivity index (χ4n) is 1.32. The molecule has 1 atom stereocenters. The number of hydrogen-bond acceptors (Lipinski definition) is 5. The largest absolute Gasteiger partial charge is 0.385 e. The molecule has 0 saturated heterocycles. The predicted octanol–water partition coefficient (Wildman–Crippen LogP) is 1.28. The zero-order valence-electron chi connectivity index (χ0n) is 10.3. The number of nitrogens with two attached hydrogens (primary N) is 1. The average molecular weight is 243 g/mol. The van der Waals surface area contributed by atoms with Gasteiger partial charge in [0.25, 0.3) is 0 Å². The van der Waals surface area contributed by atoms with E-state index in [9.17, 15) is 0 Å². The molecule has 0 amide bonds. The molecule has 1 unspecified atom stereocenters. The number of methoxy groups -OCH3 is 1. The minimum atomic E-state index is 0.00399. The van der Waals surface area contributed by atoms with Gasteiger partial charge in [0.15, 0.2) is 0 Å². The van der Waals surface area contributed by atoms with Crippen molar-refractivity contribution in [2.24, 2.45) is 5.73 Å². The van der Waals surface area contributed by atoms with Crippen molar-refractivity contribution in [3.63, 3.8) is 0 Å². The summed E-state index contributed by atoms with van der Waals surface area (Å²) >= 11 is 1.69. The summed E-state index contributed by atoms with van der Waals surface area (Å²) in [7, 11) is 5.83. The van der Waals surface area contributed by atoms with Gasteiger partial charge in [0.05, 0.1) is 16.7 Å². The molecule has 0 radical (unpaired) electrons. The third-order valence-corrected chi connectivity index (χ3v) is 3.28. The van der Waals surface area contributed by atoms with Crippen LogP contribution in [0.25, 0.3) is 0 Å². The smallest absolute Gasteiger partial charge is 0.0941 e. The Bertz CT molecular complexity index is 301. The molecule has 0 spiro atoms. The highest BCUT2D eigenvalue weighted by atomic mass is 32.1. The van der Waals surface area contributed by atoms with Crippen molar-refractivity contribution in [2.75, 3.05) is 34.4 Å². The Labute approximate surface area is 101 Å². The molecule has 1 aromatic rings. The van der Waals surface area contributed by atoms with E-state index in [1.165, 1.54) is 0 Å². The lowest BCUT2D eigenvalue weighted by molar-refractivity contribution is 0.187. The van der Waals surface area contributed by atoms with Crippen molar-refractivity contribution < 1.29 is 4.74 Å². The predicted molar refractivity (Wildman–Crippen MR) is 67.8 cm³/mol. The van der Waals surface area contributed by atoms with Crippen LogP contribution in [0.3, 0.4) is 0 Å². The molecule has 2 N–H and O–H groups in total. The van der Waals surface area contributed by atoms with E-state index >= 15 is 0 Å². The first-order valence-corrected chi connectivity index (χ1v) is 6.35. The maximum atomic E-state index is 6.00. The first-order chi connectivity index (χ1) is 7.63. The van der Waals surface area contributed by atoms with Crippen LogP contribution in [0.15, 0.2) is 5.38 Å². The molecule has 0 aliphatic rings. The molecule has 0 aliphatic carbocycles. The van der Waals surface area contributed by atoms with E-state index in [4.69, 9.17) is 10.5 Å². The number of thiazole rings is 1.